The Morgan fingerprint density at radius 3 is 2.20 bits per heavy atom. The molecule has 0 N–H and O–H groups in total. The van der Waals surface area contributed by atoms with Crippen molar-refractivity contribution in [1.29, 1.82) is 0 Å². The molecule has 1 saturated heterocycles. The van der Waals surface area contributed by atoms with E-state index in [2.05, 4.69) is 18.7 Å². The normalized spacial score (nSPS) is 21.9. The third-order valence-corrected chi connectivity index (χ3v) is 2.35. The van der Waals surface area contributed by atoms with Crippen LogP contribution in [0.25, 0.3) is 0 Å². The van der Waals surface area contributed by atoms with Gasteiger partial charge in [-0.3, -0.25) is 0 Å². The molecule has 0 saturated carbocycles. The number of likely N-dealkylation sites (tertiary alicyclic amines) is 1. The number of nitrogens with zero attached hydrogens (tertiary/aromatic N) is 1. The molecule has 0 aromatic rings. The Morgan fingerprint density at radius 2 is 1.80 bits per heavy atom. The first-order valence-electron chi connectivity index (χ1n) is 4.09. The molecule has 0 amide bonds. The summed E-state index contributed by atoms with van der Waals surface area (Å²) in [5, 5.41) is 0. The molecule has 10 heavy (non-hydrogen) atoms. The molecule has 2 radical (unpaired) electrons. The van der Waals surface area contributed by atoms with Gasteiger partial charge in [0.15, 0.2) is 0 Å². The van der Waals surface area contributed by atoms with E-state index in [-0.39, 0.29) is 0 Å². The van der Waals surface area contributed by atoms with Gasteiger partial charge in [-0.15, -0.1) is 0 Å². The van der Waals surface area contributed by atoms with Gasteiger partial charge in [-0.1, -0.05) is 0 Å². The van der Waals surface area contributed by atoms with E-state index in [0.717, 1.165) is 0 Å². The van der Waals surface area contributed by atoms with Gasteiger partial charge in [0.2, 0.25) is 0 Å². The minimum absolute atomic E-state index is 0.620. The Bertz CT molecular complexity index is 100. The molecular weight excluding hydrogens is 229 g/mol. The molecule has 0 aromatic carbocycles. The van der Waals surface area contributed by atoms with Crippen LogP contribution in [0, 0.1) is 0 Å². The second-order valence-electron chi connectivity index (χ2n) is 3.97. The van der Waals surface area contributed by atoms with Gasteiger partial charge in [0.1, 0.15) is 0 Å². The van der Waals surface area contributed by atoms with Crippen LogP contribution < -0.4 is 0 Å². The van der Waals surface area contributed by atoms with Crippen molar-refractivity contribution in [3.05, 3.63) is 0 Å². The van der Waals surface area contributed by atoms with Gasteiger partial charge in [0.25, 0.3) is 0 Å². The van der Waals surface area contributed by atoms with Crippen molar-refractivity contribution in [2.24, 2.45) is 0 Å². The average Bonchev–Trinajstić information content (AvgIpc) is 2.12. The fraction of sp³-hybridized carbons (Fsp3) is 1.00. The van der Waals surface area contributed by atoms with Crippen LogP contribution in [0.1, 0.15) is 26.7 Å². The Labute approximate surface area is 77.3 Å². The first-order chi connectivity index (χ1) is 4.58. The fourth-order valence-corrected chi connectivity index (χ4v) is 2.25. The third kappa shape index (κ3) is 3.24. The van der Waals surface area contributed by atoms with Crippen LogP contribution in [-0.4, -0.2) is 47.1 Å². The monoisotopic (exact) mass is 247 g/mol. The van der Waals surface area contributed by atoms with Crippen molar-refractivity contribution in [1.82, 2.24) is 4.90 Å². The zero-order valence-corrected chi connectivity index (χ0v) is 10.4. The van der Waals surface area contributed by atoms with E-state index in [9.17, 15) is 0 Å². The molecule has 58 valence electrons. The Morgan fingerprint density at radius 1 is 1.30 bits per heavy atom. The van der Waals surface area contributed by atoms with Crippen LogP contribution in [0.4, 0.5) is 0 Å². The van der Waals surface area contributed by atoms with E-state index >= 15 is 0 Å². The maximum atomic E-state index is 2.60. The predicted molar refractivity (Wildman–Crippen MR) is 46.9 cm³/mol. The summed E-state index contributed by atoms with van der Waals surface area (Å²) in [7, 11) is 0. The number of rotatable bonds is 2. The van der Waals surface area contributed by atoms with E-state index in [4.69, 9.17) is 0 Å². The second-order valence-corrected chi connectivity index (χ2v) is 8.43. The van der Waals surface area contributed by atoms with E-state index in [1.54, 1.807) is 0 Å². The summed E-state index contributed by atoms with van der Waals surface area (Å²) in [6, 6.07) is 0. The van der Waals surface area contributed by atoms with Crippen LogP contribution in [-0.2, 0) is 0 Å². The molecule has 1 heterocycles. The van der Waals surface area contributed by atoms with Crippen LogP contribution in [0.15, 0.2) is 0 Å². The Kier molecular flexibility index (Phi) is 3.04. The van der Waals surface area contributed by atoms with Crippen LogP contribution in [0.5, 0.6) is 0 Å². The summed E-state index contributed by atoms with van der Waals surface area (Å²) >= 11 is 1.38. The van der Waals surface area contributed by atoms with Crippen molar-refractivity contribution >= 4 is 22.5 Å². The molecule has 0 atom stereocenters. The van der Waals surface area contributed by atoms with Crippen LogP contribution >= 0.6 is 0 Å². The number of hydrogen-bond donors (Lipinski definition) is 0. The van der Waals surface area contributed by atoms with Crippen molar-refractivity contribution in [3.8, 4) is 0 Å². The summed E-state index contributed by atoms with van der Waals surface area (Å²) in [6.07, 6.45) is 2.85. The van der Waals surface area contributed by atoms with Gasteiger partial charge < -0.3 is 0 Å². The summed E-state index contributed by atoms with van der Waals surface area (Å²) in [4.78, 5) is 2.60. The van der Waals surface area contributed by atoms with Crippen molar-refractivity contribution in [2.75, 3.05) is 19.6 Å². The Balaban J connectivity index is 2.24. The molecular formula is C8H17NSn. The third-order valence-electron chi connectivity index (χ3n) is 1.83. The Hall–Kier alpha value is 0.759. The molecule has 0 unspecified atom stereocenters. The van der Waals surface area contributed by atoms with Crippen molar-refractivity contribution in [2.45, 2.75) is 30.1 Å². The van der Waals surface area contributed by atoms with Gasteiger partial charge in [0.05, 0.1) is 0 Å². The predicted octanol–water partition coefficient (Wildman–Crippen LogP) is 1.18. The summed E-state index contributed by atoms with van der Waals surface area (Å²) < 4.78 is 0.620. The summed E-state index contributed by atoms with van der Waals surface area (Å²) in [5.41, 5.74) is 0. The first-order valence-corrected chi connectivity index (χ1v) is 5.74. The van der Waals surface area contributed by atoms with E-state index in [1.165, 1.54) is 55.0 Å². The zero-order valence-electron chi connectivity index (χ0n) is 7.06. The SMILES string of the molecule is C[C](C)([SnH])CN1CCCC1. The molecule has 1 nitrogen and oxygen atoms in total. The average molecular weight is 246 g/mol. The second kappa shape index (κ2) is 3.44. The van der Waals surface area contributed by atoms with Gasteiger partial charge in [-0.25, -0.2) is 0 Å². The summed E-state index contributed by atoms with van der Waals surface area (Å²) in [5.74, 6) is 0. The van der Waals surface area contributed by atoms with E-state index in [0.29, 0.717) is 3.43 Å². The first kappa shape index (κ1) is 8.85. The minimum atomic E-state index is 0.620. The van der Waals surface area contributed by atoms with E-state index in [1.807, 2.05) is 0 Å². The molecule has 1 fully saturated rings. The molecule has 0 spiro atoms. The van der Waals surface area contributed by atoms with Gasteiger partial charge in [-0.05, 0) is 0 Å². The van der Waals surface area contributed by atoms with Crippen molar-refractivity contribution < 1.29 is 0 Å². The molecule has 0 bridgehead atoms. The molecule has 1 rings (SSSR count). The summed E-state index contributed by atoms with van der Waals surface area (Å²) in [6.45, 7) is 8.77. The topological polar surface area (TPSA) is 3.24 Å². The van der Waals surface area contributed by atoms with Gasteiger partial charge >= 0.3 is 77.2 Å². The van der Waals surface area contributed by atoms with Gasteiger partial charge in [0, 0.05) is 0 Å². The fourth-order valence-electron chi connectivity index (χ4n) is 1.52. The maximum absolute atomic E-state index is 2.60. The zero-order chi connectivity index (χ0) is 7.61. The van der Waals surface area contributed by atoms with E-state index < -0.39 is 0 Å². The van der Waals surface area contributed by atoms with Crippen LogP contribution in [0.2, 0.25) is 3.43 Å². The quantitative estimate of drug-likeness (QED) is 0.661. The van der Waals surface area contributed by atoms with Crippen LogP contribution in [0.3, 0.4) is 0 Å². The van der Waals surface area contributed by atoms with Crippen molar-refractivity contribution in [3.63, 3.8) is 0 Å². The molecule has 1 aliphatic heterocycles. The van der Waals surface area contributed by atoms with Gasteiger partial charge in [-0.2, -0.15) is 0 Å². The number of hydrogen-bond acceptors (Lipinski definition) is 1. The molecule has 1 aliphatic rings. The molecule has 0 aliphatic carbocycles. The molecule has 2 heteroatoms. The molecule has 0 aromatic heterocycles. The standard InChI is InChI=1S/C8H16N.Sn.H/c1-8(2)7-9-5-3-4-6-9;;/h3-7H2,1-2H3;;.